The molecule has 0 saturated heterocycles. The highest BCUT2D eigenvalue weighted by Gasteiger charge is 2.19. The van der Waals surface area contributed by atoms with Gasteiger partial charge in [-0.05, 0) is 19.4 Å². The fourth-order valence-corrected chi connectivity index (χ4v) is 2.90. The Bertz CT molecular complexity index is 612. The van der Waals surface area contributed by atoms with Crippen LogP contribution in [0.3, 0.4) is 0 Å². The maximum atomic E-state index is 12.1. The first-order chi connectivity index (χ1) is 9.69. The van der Waals surface area contributed by atoms with Gasteiger partial charge < -0.3 is 14.8 Å². The maximum absolute atomic E-state index is 12.1. The highest BCUT2D eigenvalue weighted by molar-refractivity contribution is 7.20. The second kappa shape index (κ2) is 6.62. The zero-order valence-electron chi connectivity index (χ0n) is 11.7. The molecule has 0 aliphatic heterocycles. The normalized spacial score (nSPS) is 10.8. The Hall–Kier alpha value is -1.73. The third-order valence-corrected chi connectivity index (χ3v) is 3.97. The number of amides is 1. The lowest BCUT2D eigenvalue weighted by atomic mass is 10.2. The molecule has 0 unspecified atom stereocenters. The summed E-state index contributed by atoms with van der Waals surface area (Å²) in [7, 11) is 1.60. The van der Waals surface area contributed by atoms with Crippen molar-refractivity contribution in [3.63, 3.8) is 0 Å². The van der Waals surface area contributed by atoms with Crippen molar-refractivity contribution < 1.29 is 14.3 Å². The third kappa shape index (κ3) is 2.88. The van der Waals surface area contributed by atoms with E-state index < -0.39 is 0 Å². The highest BCUT2D eigenvalue weighted by atomic mass is 32.1. The van der Waals surface area contributed by atoms with Crippen LogP contribution in [0.15, 0.2) is 6.33 Å². The minimum absolute atomic E-state index is 0.120. The second-order valence-corrected chi connectivity index (χ2v) is 5.10. The minimum Gasteiger partial charge on any atom is -0.477 e. The topological polar surface area (TPSA) is 73.3 Å². The predicted molar refractivity (Wildman–Crippen MR) is 77.5 cm³/mol. The van der Waals surface area contributed by atoms with Gasteiger partial charge in [0.2, 0.25) is 5.88 Å². The predicted octanol–water partition coefficient (Wildman–Crippen LogP) is 1.77. The first kappa shape index (κ1) is 14.7. The van der Waals surface area contributed by atoms with Gasteiger partial charge in [-0.25, -0.2) is 9.97 Å². The van der Waals surface area contributed by atoms with Crippen molar-refractivity contribution in [2.75, 3.05) is 26.9 Å². The van der Waals surface area contributed by atoms with E-state index in [-0.39, 0.29) is 5.91 Å². The molecule has 0 spiro atoms. The summed E-state index contributed by atoms with van der Waals surface area (Å²) in [5.41, 5.74) is 0.851. The van der Waals surface area contributed by atoms with Crippen molar-refractivity contribution in [2.24, 2.45) is 0 Å². The van der Waals surface area contributed by atoms with Crippen molar-refractivity contribution >= 4 is 27.5 Å². The van der Waals surface area contributed by atoms with Crippen molar-refractivity contribution in [1.29, 1.82) is 0 Å². The lowest BCUT2D eigenvalue weighted by Gasteiger charge is -2.04. The first-order valence-corrected chi connectivity index (χ1v) is 7.14. The molecule has 1 amide bonds. The van der Waals surface area contributed by atoms with Crippen LogP contribution in [0, 0.1) is 6.92 Å². The van der Waals surface area contributed by atoms with E-state index >= 15 is 0 Å². The minimum atomic E-state index is -0.120. The summed E-state index contributed by atoms with van der Waals surface area (Å²) in [4.78, 5) is 21.9. The van der Waals surface area contributed by atoms with Crippen LogP contribution in [-0.4, -0.2) is 42.7 Å². The van der Waals surface area contributed by atoms with E-state index in [1.54, 1.807) is 7.11 Å². The number of hydrogen-bond donors (Lipinski definition) is 1. The molecule has 0 aliphatic carbocycles. The molecule has 2 rings (SSSR count). The van der Waals surface area contributed by atoms with Crippen molar-refractivity contribution in [1.82, 2.24) is 15.3 Å². The molecule has 108 valence electrons. The molecule has 6 nitrogen and oxygen atoms in total. The van der Waals surface area contributed by atoms with Crippen LogP contribution in [0.5, 0.6) is 5.88 Å². The summed E-state index contributed by atoms with van der Waals surface area (Å²) in [6.07, 6.45) is 1.45. The van der Waals surface area contributed by atoms with Crippen LogP contribution in [0.4, 0.5) is 0 Å². The van der Waals surface area contributed by atoms with Gasteiger partial charge in [0.15, 0.2) is 0 Å². The molecule has 0 saturated carbocycles. The average Bonchev–Trinajstić information content (AvgIpc) is 2.78. The number of aryl methyl sites for hydroxylation is 1. The molecule has 0 fully saturated rings. The standard InChI is InChI=1S/C13H17N3O3S/c1-4-19-12-9-8(2)10(11(17)14-5-6-18-3)20-13(9)16-7-15-12/h7H,4-6H2,1-3H3,(H,14,17). The quantitative estimate of drug-likeness (QED) is 0.822. The molecule has 1 N–H and O–H groups in total. The molecule has 7 heteroatoms. The van der Waals surface area contributed by atoms with Crippen molar-refractivity contribution in [2.45, 2.75) is 13.8 Å². The monoisotopic (exact) mass is 295 g/mol. The zero-order chi connectivity index (χ0) is 14.5. The van der Waals surface area contributed by atoms with Gasteiger partial charge in [0, 0.05) is 13.7 Å². The van der Waals surface area contributed by atoms with Crippen molar-refractivity contribution in [3.05, 3.63) is 16.8 Å². The zero-order valence-corrected chi connectivity index (χ0v) is 12.5. The van der Waals surface area contributed by atoms with E-state index in [4.69, 9.17) is 9.47 Å². The van der Waals surface area contributed by atoms with Gasteiger partial charge >= 0.3 is 0 Å². The van der Waals surface area contributed by atoms with Gasteiger partial charge in [-0.1, -0.05) is 0 Å². The number of carbonyl (C=O) groups excluding carboxylic acids is 1. The first-order valence-electron chi connectivity index (χ1n) is 6.33. The molecule has 0 bridgehead atoms. The van der Waals surface area contributed by atoms with Crippen LogP contribution in [0.25, 0.3) is 10.2 Å². The number of fused-ring (bicyclic) bond motifs is 1. The molecule has 2 heterocycles. The van der Waals surface area contributed by atoms with E-state index in [0.717, 1.165) is 15.8 Å². The van der Waals surface area contributed by atoms with E-state index in [1.165, 1.54) is 17.7 Å². The Morgan fingerprint density at radius 2 is 2.25 bits per heavy atom. The number of methoxy groups -OCH3 is 1. The van der Waals surface area contributed by atoms with E-state index in [0.29, 0.717) is 30.5 Å². The highest BCUT2D eigenvalue weighted by Crippen LogP contribution is 2.34. The third-order valence-electron chi connectivity index (χ3n) is 2.77. The van der Waals surface area contributed by atoms with Crippen molar-refractivity contribution in [3.8, 4) is 5.88 Å². The molecule has 2 aromatic rings. The molecule has 0 aromatic carbocycles. The summed E-state index contributed by atoms with van der Waals surface area (Å²) in [6.45, 7) is 5.27. The van der Waals surface area contributed by atoms with E-state index in [1.807, 2.05) is 13.8 Å². The largest absolute Gasteiger partial charge is 0.477 e. The number of hydrogen-bond acceptors (Lipinski definition) is 6. The lowest BCUT2D eigenvalue weighted by Crippen LogP contribution is -2.26. The summed E-state index contributed by atoms with van der Waals surface area (Å²) < 4.78 is 10.4. The fourth-order valence-electron chi connectivity index (χ4n) is 1.85. The molecular formula is C13H17N3O3S. The SMILES string of the molecule is CCOc1ncnc2sc(C(=O)NCCOC)c(C)c12. The number of thiophene rings is 1. The van der Waals surface area contributed by atoms with Gasteiger partial charge in [0.05, 0.1) is 23.5 Å². The molecule has 2 aromatic heterocycles. The van der Waals surface area contributed by atoms with Crippen LogP contribution in [0.2, 0.25) is 0 Å². The van der Waals surface area contributed by atoms with Gasteiger partial charge in [0.25, 0.3) is 5.91 Å². The van der Waals surface area contributed by atoms with Crippen LogP contribution < -0.4 is 10.1 Å². The second-order valence-electron chi connectivity index (χ2n) is 4.10. The Balaban J connectivity index is 2.33. The Labute approximate surface area is 121 Å². The van der Waals surface area contributed by atoms with Gasteiger partial charge in [-0.15, -0.1) is 11.3 Å². The Kier molecular flexibility index (Phi) is 4.86. The van der Waals surface area contributed by atoms with E-state index in [9.17, 15) is 4.79 Å². The number of ether oxygens (including phenoxy) is 2. The maximum Gasteiger partial charge on any atom is 0.261 e. The summed E-state index contributed by atoms with van der Waals surface area (Å²) >= 11 is 1.35. The smallest absolute Gasteiger partial charge is 0.261 e. The Morgan fingerprint density at radius 1 is 1.45 bits per heavy atom. The molecular weight excluding hydrogens is 278 g/mol. The Morgan fingerprint density at radius 3 is 2.95 bits per heavy atom. The van der Waals surface area contributed by atoms with Crippen LogP contribution in [-0.2, 0) is 4.74 Å². The summed E-state index contributed by atoms with van der Waals surface area (Å²) in [5, 5.41) is 3.63. The van der Waals surface area contributed by atoms with Gasteiger partial charge in [-0.3, -0.25) is 4.79 Å². The number of nitrogens with one attached hydrogen (secondary N) is 1. The molecule has 0 aliphatic rings. The number of aromatic nitrogens is 2. The van der Waals surface area contributed by atoms with Gasteiger partial charge in [-0.2, -0.15) is 0 Å². The average molecular weight is 295 g/mol. The van der Waals surface area contributed by atoms with E-state index in [2.05, 4.69) is 15.3 Å². The summed E-state index contributed by atoms with van der Waals surface area (Å²) in [5.74, 6) is 0.409. The fraction of sp³-hybridized carbons (Fsp3) is 0.462. The number of nitrogens with zero attached hydrogens (tertiary/aromatic N) is 2. The number of rotatable bonds is 6. The lowest BCUT2D eigenvalue weighted by molar-refractivity contribution is 0.0940. The van der Waals surface area contributed by atoms with Crippen LogP contribution >= 0.6 is 11.3 Å². The van der Waals surface area contributed by atoms with Gasteiger partial charge in [0.1, 0.15) is 11.2 Å². The van der Waals surface area contributed by atoms with Crippen LogP contribution in [0.1, 0.15) is 22.2 Å². The molecule has 0 radical (unpaired) electrons. The molecule has 20 heavy (non-hydrogen) atoms. The summed E-state index contributed by atoms with van der Waals surface area (Å²) in [6, 6.07) is 0. The molecule has 0 atom stereocenters. The number of carbonyl (C=O) groups is 1.